The molecule has 0 unspecified atom stereocenters. The predicted octanol–water partition coefficient (Wildman–Crippen LogP) is 5.23. The molecule has 3 nitrogen and oxygen atoms in total. The van der Waals surface area contributed by atoms with Gasteiger partial charge in [-0.05, 0) is 61.1 Å². The molecule has 2 aliphatic carbocycles. The van der Waals surface area contributed by atoms with Crippen molar-refractivity contribution < 1.29 is 4.79 Å². The number of likely N-dealkylation sites (tertiary alicyclic amines) is 1. The Morgan fingerprint density at radius 3 is 2.82 bits per heavy atom. The first-order valence-electron chi connectivity index (χ1n) is 10.8. The van der Waals surface area contributed by atoms with E-state index in [1.165, 1.54) is 24.8 Å². The summed E-state index contributed by atoms with van der Waals surface area (Å²) in [5.41, 5.74) is 4.45. The molecule has 1 aliphatic heterocycles. The minimum atomic E-state index is 0.178. The number of pyridine rings is 1. The lowest BCUT2D eigenvalue weighted by molar-refractivity contribution is 0.0319. The summed E-state index contributed by atoms with van der Waals surface area (Å²) in [7, 11) is 0. The van der Waals surface area contributed by atoms with Gasteiger partial charge in [-0.1, -0.05) is 55.3 Å². The molecule has 1 aromatic heterocycles. The lowest BCUT2D eigenvalue weighted by Crippen LogP contribution is -2.52. The van der Waals surface area contributed by atoms with E-state index in [0.29, 0.717) is 17.9 Å². The standard InChI is InChI=1S/C25H28N2O/c28-25(20-16-19-10-4-6-12-23(19)26-17-20)27-15-14-21(18-8-2-1-3-9-18)22-11-5-7-13-24(22)27/h1-4,8-10,16-17,21-22,24H,5-7,11-15H2/t21-,22-,24-/m1/s1. The molecule has 1 saturated heterocycles. The van der Waals surface area contributed by atoms with Gasteiger partial charge in [-0.15, -0.1) is 0 Å². The van der Waals surface area contributed by atoms with Crippen LogP contribution in [0, 0.1) is 5.92 Å². The summed E-state index contributed by atoms with van der Waals surface area (Å²) in [6, 6.07) is 13.4. The van der Waals surface area contributed by atoms with Crippen molar-refractivity contribution in [3.63, 3.8) is 0 Å². The first-order valence-corrected chi connectivity index (χ1v) is 10.8. The second kappa shape index (κ2) is 7.54. The van der Waals surface area contributed by atoms with Crippen molar-refractivity contribution in [3.8, 4) is 0 Å². The van der Waals surface area contributed by atoms with Gasteiger partial charge in [0.2, 0.25) is 0 Å². The SMILES string of the molecule is O=C(c1cnc2c(c1)C=CCC2)N1CC[C@H](c2ccccc2)[C@H]2CCCC[C@H]21. The Bertz CT molecular complexity index is 889. The van der Waals surface area contributed by atoms with Crippen molar-refractivity contribution in [2.24, 2.45) is 5.92 Å². The summed E-state index contributed by atoms with van der Waals surface area (Å²) in [4.78, 5) is 20.2. The average molecular weight is 373 g/mol. The van der Waals surface area contributed by atoms with Crippen LogP contribution in [-0.4, -0.2) is 28.4 Å². The van der Waals surface area contributed by atoms with Crippen LogP contribution in [0.2, 0.25) is 0 Å². The van der Waals surface area contributed by atoms with Crippen molar-refractivity contribution in [2.75, 3.05) is 6.54 Å². The third kappa shape index (κ3) is 3.17. The number of piperidine rings is 1. The van der Waals surface area contributed by atoms with Crippen LogP contribution in [0.15, 0.2) is 48.7 Å². The van der Waals surface area contributed by atoms with Crippen molar-refractivity contribution in [1.29, 1.82) is 0 Å². The van der Waals surface area contributed by atoms with Crippen molar-refractivity contribution in [2.45, 2.75) is 56.9 Å². The van der Waals surface area contributed by atoms with E-state index in [9.17, 15) is 4.79 Å². The fraction of sp³-hybridized carbons (Fsp3) is 0.440. The van der Waals surface area contributed by atoms with Crippen LogP contribution >= 0.6 is 0 Å². The van der Waals surface area contributed by atoms with Gasteiger partial charge in [0, 0.05) is 24.5 Å². The number of benzene rings is 1. The van der Waals surface area contributed by atoms with E-state index in [1.807, 2.05) is 0 Å². The van der Waals surface area contributed by atoms with E-state index >= 15 is 0 Å². The Morgan fingerprint density at radius 1 is 1.07 bits per heavy atom. The number of aromatic nitrogens is 1. The quantitative estimate of drug-likeness (QED) is 0.723. The first-order chi connectivity index (χ1) is 13.8. The molecule has 1 saturated carbocycles. The normalized spacial score (nSPS) is 26.4. The molecule has 2 fully saturated rings. The molecule has 0 radical (unpaired) electrons. The van der Waals surface area contributed by atoms with Gasteiger partial charge in [-0.2, -0.15) is 0 Å². The Balaban J connectivity index is 1.42. The fourth-order valence-corrected chi connectivity index (χ4v) is 5.60. The second-order valence-electron chi connectivity index (χ2n) is 8.52. The van der Waals surface area contributed by atoms with Gasteiger partial charge < -0.3 is 4.90 Å². The van der Waals surface area contributed by atoms with Crippen LogP contribution in [0.25, 0.3) is 6.08 Å². The molecule has 1 amide bonds. The van der Waals surface area contributed by atoms with Gasteiger partial charge in [-0.25, -0.2) is 0 Å². The molecule has 2 heterocycles. The molecular formula is C25H28N2O. The molecule has 3 aliphatic rings. The molecule has 2 aromatic rings. The summed E-state index contributed by atoms with van der Waals surface area (Å²) < 4.78 is 0. The lowest BCUT2D eigenvalue weighted by Gasteiger charge is -2.48. The molecule has 28 heavy (non-hydrogen) atoms. The number of hydrogen-bond donors (Lipinski definition) is 0. The Kier molecular flexibility index (Phi) is 4.76. The zero-order chi connectivity index (χ0) is 18.9. The van der Waals surface area contributed by atoms with E-state index in [0.717, 1.165) is 49.0 Å². The number of hydrogen-bond acceptors (Lipinski definition) is 2. The maximum Gasteiger partial charge on any atom is 0.255 e. The van der Waals surface area contributed by atoms with E-state index in [2.05, 4.69) is 58.4 Å². The molecule has 0 spiro atoms. The van der Waals surface area contributed by atoms with E-state index < -0.39 is 0 Å². The maximum atomic E-state index is 13.4. The van der Waals surface area contributed by atoms with Gasteiger partial charge in [0.15, 0.2) is 0 Å². The second-order valence-corrected chi connectivity index (χ2v) is 8.52. The number of nitrogens with zero attached hydrogens (tertiary/aromatic N) is 2. The molecule has 3 heteroatoms. The van der Waals surface area contributed by atoms with E-state index in [4.69, 9.17) is 0 Å². The highest BCUT2D eigenvalue weighted by molar-refractivity contribution is 5.95. The number of carbonyl (C=O) groups excluding carboxylic acids is 1. The Hall–Kier alpha value is -2.42. The molecule has 3 atom stereocenters. The number of aryl methyl sites for hydroxylation is 1. The summed E-state index contributed by atoms with van der Waals surface area (Å²) in [5.74, 6) is 1.34. The van der Waals surface area contributed by atoms with Gasteiger partial charge in [0.1, 0.15) is 0 Å². The van der Waals surface area contributed by atoms with Crippen LogP contribution in [0.4, 0.5) is 0 Å². The highest BCUT2D eigenvalue weighted by Gasteiger charge is 2.41. The van der Waals surface area contributed by atoms with Crippen LogP contribution in [-0.2, 0) is 6.42 Å². The highest BCUT2D eigenvalue weighted by atomic mass is 16.2. The fourth-order valence-electron chi connectivity index (χ4n) is 5.60. The number of rotatable bonds is 2. The number of amides is 1. The third-order valence-electron chi connectivity index (χ3n) is 6.96. The van der Waals surface area contributed by atoms with Crippen molar-refractivity contribution in [3.05, 3.63) is 71.1 Å². The molecular weight excluding hydrogens is 344 g/mol. The summed E-state index contributed by atoms with van der Waals surface area (Å²) in [6.07, 6.45) is 14.1. The lowest BCUT2D eigenvalue weighted by atomic mass is 9.69. The molecule has 1 aromatic carbocycles. The molecule has 0 bridgehead atoms. The zero-order valence-electron chi connectivity index (χ0n) is 16.4. The predicted molar refractivity (Wildman–Crippen MR) is 112 cm³/mol. The van der Waals surface area contributed by atoms with Crippen LogP contribution in [0.1, 0.15) is 71.6 Å². The Morgan fingerprint density at radius 2 is 1.93 bits per heavy atom. The third-order valence-corrected chi connectivity index (χ3v) is 6.96. The number of fused-ring (bicyclic) bond motifs is 2. The minimum Gasteiger partial charge on any atom is -0.335 e. The minimum absolute atomic E-state index is 0.178. The largest absolute Gasteiger partial charge is 0.335 e. The van der Waals surface area contributed by atoms with Crippen LogP contribution < -0.4 is 0 Å². The van der Waals surface area contributed by atoms with E-state index in [-0.39, 0.29) is 5.91 Å². The molecule has 5 rings (SSSR count). The van der Waals surface area contributed by atoms with Gasteiger partial charge in [-0.3, -0.25) is 9.78 Å². The molecule has 144 valence electrons. The first kappa shape index (κ1) is 17.7. The van der Waals surface area contributed by atoms with Gasteiger partial charge >= 0.3 is 0 Å². The van der Waals surface area contributed by atoms with Crippen LogP contribution in [0.5, 0.6) is 0 Å². The van der Waals surface area contributed by atoms with Gasteiger partial charge in [0.25, 0.3) is 5.91 Å². The topological polar surface area (TPSA) is 33.2 Å². The maximum absolute atomic E-state index is 13.4. The zero-order valence-corrected chi connectivity index (χ0v) is 16.4. The van der Waals surface area contributed by atoms with Crippen molar-refractivity contribution in [1.82, 2.24) is 9.88 Å². The summed E-state index contributed by atoms with van der Waals surface area (Å²) in [5, 5.41) is 0. The van der Waals surface area contributed by atoms with E-state index in [1.54, 1.807) is 6.20 Å². The summed E-state index contributed by atoms with van der Waals surface area (Å²) in [6.45, 7) is 0.854. The number of allylic oxidation sites excluding steroid dienone is 1. The van der Waals surface area contributed by atoms with Crippen LogP contribution in [0.3, 0.4) is 0 Å². The van der Waals surface area contributed by atoms with Gasteiger partial charge in [0.05, 0.1) is 5.56 Å². The smallest absolute Gasteiger partial charge is 0.255 e. The Labute approximate surface area is 167 Å². The highest BCUT2D eigenvalue weighted by Crippen LogP contribution is 2.44. The monoisotopic (exact) mass is 372 g/mol. The summed E-state index contributed by atoms with van der Waals surface area (Å²) >= 11 is 0. The average Bonchev–Trinajstić information content (AvgIpc) is 2.78. The molecule has 0 N–H and O–H groups in total. The number of carbonyl (C=O) groups is 1. The van der Waals surface area contributed by atoms with Crippen molar-refractivity contribution >= 4 is 12.0 Å².